The number of anilines is 4. The molecule has 1 amide bonds. The molecule has 0 spiro atoms. The van der Waals surface area contributed by atoms with Gasteiger partial charge in [-0.3, -0.25) is 4.79 Å². The van der Waals surface area contributed by atoms with Crippen LogP contribution in [0.2, 0.25) is 0 Å². The number of hydrogen-bond acceptors (Lipinski definition) is 7. The third-order valence-electron chi connectivity index (χ3n) is 7.16. The van der Waals surface area contributed by atoms with Gasteiger partial charge in [-0.15, -0.1) is 0 Å². The molecule has 0 unspecified atom stereocenters. The fraction of sp³-hybridized carbons (Fsp3) is 0.233. The fourth-order valence-corrected chi connectivity index (χ4v) is 5.63. The summed E-state index contributed by atoms with van der Waals surface area (Å²) in [6.45, 7) is 3.58. The number of rotatable bonds is 4. The van der Waals surface area contributed by atoms with E-state index in [1.54, 1.807) is 18.2 Å². The van der Waals surface area contributed by atoms with Gasteiger partial charge in [-0.1, -0.05) is 24.3 Å². The molecular weight excluding hydrogens is 600 g/mol. The molecule has 5 rings (SSSR count). The summed E-state index contributed by atoms with van der Waals surface area (Å²) in [7, 11) is -3.71. The van der Waals surface area contributed by atoms with Crippen LogP contribution in [0.3, 0.4) is 0 Å². The van der Waals surface area contributed by atoms with Crippen LogP contribution in [0.25, 0.3) is 11.1 Å². The van der Waals surface area contributed by atoms with Crippen LogP contribution in [-0.2, 0) is 26.4 Å². The summed E-state index contributed by atoms with van der Waals surface area (Å²) in [5.74, 6) is -0.792. The van der Waals surface area contributed by atoms with Crippen LogP contribution < -0.4 is 20.7 Å². The summed E-state index contributed by atoms with van der Waals surface area (Å²) in [5.41, 5.74) is -0.563. The molecule has 2 heterocycles. The maximum absolute atomic E-state index is 15.3. The molecule has 0 saturated carbocycles. The van der Waals surface area contributed by atoms with Crippen molar-refractivity contribution < 1.29 is 30.8 Å². The molecule has 9 nitrogen and oxygen atoms in total. The number of fused-ring (bicyclic) bond motifs is 4. The quantitative estimate of drug-likeness (QED) is 0.203. The second-order valence-electron chi connectivity index (χ2n) is 10.6. The lowest BCUT2D eigenvalue weighted by Crippen LogP contribution is -2.35. The number of nitrogens with one attached hydrogen (secondary N) is 4. The molecule has 230 valence electrons. The minimum absolute atomic E-state index is 0.0944. The van der Waals surface area contributed by atoms with Gasteiger partial charge in [-0.2, -0.15) is 18.2 Å². The van der Waals surface area contributed by atoms with Gasteiger partial charge < -0.3 is 16.0 Å². The van der Waals surface area contributed by atoms with Crippen LogP contribution in [0.15, 0.2) is 77.8 Å². The van der Waals surface area contributed by atoms with Gasteiger partial charge in [0.25, 0.3) is 0 Å². The van der Waals surface area contributed by atoms with E-state index in [1.807, 2.05) is 0 Å². The van der Waals surface area contributed by atoms with E-state index in [2.05, 4.69) is 30.6 Å². The van der Waals surface area contributed by atoms with Gasteiger partial charge in [0.15, 0.2) is 0 Å². The molecular formula is C30H28F4N6O3S. The van der Waals surface area contributed by atoms with E-state index in [0.717, 1.165) is 12.1 Å². The molecule has 0 radical (unpaired) electrons. The van der Waals surface area contributed by atoms with Gasteiger partial charge in [0.1, 0.15) is 11.6 Å². The number of carbonyl (C=O) groups excluding carboxylic acids is 1. The first-order valence-electron chi connectivity index (χ1n) is 13.5. The van der Waals surface area contributed by atoms with Gasteiger partial charge in [0, 0.05) is 30.5 Å². The van der Waals surface area contributed by atoms with E-state index in [4.69, 9.17) is 0 Å². The maximum atomic E-state index is 15.3. The number of benzene rings is 3. The number of aromatic nitrogens is 2. The highest BCUT2D eigenvalue weighted by atomic mass is 32.2. The summed E-state index contributed by atoms with van der Waals surface area (Å²) in [6, 6.07) is 14.6. The highest BCUT2D eigenvalue weighted by Gasteiger charge is 2.34. The zero-order valence-corrected chi connectivity index (χ0v) is 24.4. The molecule has 14 heteroatoms. The van der Waals surface area contributed by atoms with Gasteiger partial charge in [-0.25, -0.2) is 22.5 Å². The monoisotopic (exact) mass is 628 g/mol. The lowest BCUT2D eigenvalue weighted by molar-refractivity contribution is -0.137. The number of hydrogen-bond donors (Lipinski definition) is 4. The largest absolute Gasteiger partial charge is 0.416 e. The lowest BCUT2D eigenvalue weighted by atomic mass is 9.83. The Bertz CT molecular complexity index is 1810. The average molecular weight is 629 g/mol. The molecule has 3 aromatic carbocycles. The van der Waals surface area contributed by atoms with Crippen LogP contribution in [-0.4, -0.2) is 37.4 Å². The van der Waals surface area contributed by atoms with Gasteiger partial charge in [-0.05, 0) is 73.9 Å². The molecule has 0 atom stereocenters. The summed E-state index contributed by atoms with van der Waals surface area (Å²) < 4.78 is 82.0. The Kier molecular flexibility index (Phi) is 8.32. The van der Waals surface area contributed by atoms with Crippen molar-refractivity contribution in [3.05, 3.63) is 89.9 Å². The van der Waals surface area contributed by atoms with E-state index < -0.39 is 38.9 Å². The zero-order chi connectivity index (χ0) is 31.7. The second kappa shape index (κ2) is 11.8. The Morgan fingerprint density at radius 1 is 0.955 bits per heavy atom. The van der Waals surface area contributed by atoms with Crippen molar-refractivity contribution in [3.8, 4) is 11.1 Å². The fourth-order valence-electron chi connectivity index (χ4n) is 4.51. The topological polar surface area (TPSA) is 125 Å². The summed E-state index contributed by atoms with van der Waals surface area (Å²) >= 11 is 0. The number of nitrogens with zero attached hydrogens (tertiary/aromatic N) is 2. The molecule has 1 aliphatic heterocycles. The predicted octanol–water partition coefficient (Wildman–Crippen LogP) is 6.06. The van der Waals surface area contributed by atoms with Crippen molar-refractivity contribution in [1.29, 1.82) is 0 Å². The van der Waals surface area contributed by atoms with Crippen molar-refractivity contribution in [2.75, 3.05) is 29.0 Å². The van der Waals surface area contributed by atoms with Crippen molar-refractivity contribution in [2.24, 2.45) is 0 Å². The van der Waals surface area contributed by atoms with E-state index in [0.29, 0.717) is 41.2 Å². The molecule has 44 heavy (non-hydrogen) atoms. The normalized spacial score (nSPS) is 15.0. The molecule has 1 aromatic heterocycles. The Morgan fingerprint density at radius 3 is 2.39 bits per heavy atom. The molecule has 1 aliphatic rings. The smallest absolute Gasteiger partial charge is 0.369 e. The predicted molar refractivity (Wildman–Crippen MR) is 159 cm³/mol. The maximum Gasteiger partial charge on any atom is 0.416 e. The summed E-state index contributed by atoms with van der Waals surface area (Å²) in [6.07, 6.45) is -2.58. The van der Waals surface area contributed by atoms with Crippen molar-refractivity contribution in [2.45, 2.75) is 36.8 Å². The summed E-state index contributed by atoms with van der Waals surface area (Å²) in [4.78, 5) is 22.0. The number of sulfonamides is 1. The standard InChI is InChI=1S/C30H28F4N6O3S/c1-29(2,19-8-10-20(11-9-19)30(32,33)34)27(41)39-25-12-7-18(15-24(25)31)23-17-36-28-38-21-5-3-6-22(16-21)44(42,43)37-14-4-13-35-26(23)40-28/h3,5-12,15-17,37H,4,13-14H2,1-2H3,(H,39,41)(H2,35,36,38,40). The van der Waals surface area contributed by atoms with Gasteiger partial charge >= 0.3 is 6.18 Å². The van der Waals surface area contributed by atoms with Gasteiger partial charge in [0.2, 0.25) is 21.9 Å². The third kappa shape index (κ3) is 6.65. The molecule has 4 bridgehead atoms. The van der Waals surface area contributed by atoms with Crippen molar-refractivity contribution in [3.63, 3.8) is 0 Å². The van der Waals surface area contributed by atoms with Crippen LogP contribution in [0, 0.1) is 5.82 Å². The first-order chi connectivity index (χ1) is 20.7. The highest BCUT2D eigenvalue weighted by molar-refractivity contribution is 7.89. The van der Waals surface area contributed by atoms with Crippen LogP contribution in [0.4, 0.5) is 40.7 Å². The van der Waals surface area contributed by atoms with E-state index in [-0.39, 0.29) is 23.1 Å². The van der Waals surface area contributed by atoms with Crippen molar-refractivity contribution in [1.82, 2.24) is 14.7 Å². The van der Waals surface area contributed by atoms with Gasteiger partial charge in [0.05, 0.1) is 21.6 Å². The summed E-state index contributed by atoms with van der Waals surface area (Å²) in [5, 5.41) is 8.67. The molecule has 4 aromatic rings. The van der Waals surface area contributed by atoms with E-state index >= 15 is 4.39 Å². The molecule has 0 aliphatic carbocycles. The average Bonchev–Trinajstić information content (AvgIpc) is 2.98. The van der Waals surface area contributed by atoms with Crippen LogP contribution in [0.5, 0.6) is 0 Å². The Labute approximate surface area is 251 Å². The van der Waals surface area contributed by atoms with E-state index in [9.17, 15) is 26.4 Å². The Balaban J connectivity index is 1.38. The van der Waals surface area contributed by atoms with Crippen molar-refractivity contribution >= 4 is 39.1 Å². The van der Waals surface area contributed by atoms with E-state index in [1.165, 1.54) is 56.4 Å². The Hall–Kier alpha value is -4.56. The molecule has 4 N–H and O–H groups in total. The minimum atomic E-state index is -4.51. The highest BCUT2D eigenvalue weighted by Crippen LogP contribution is 2.34. The number of amides is 1. The first-order valence-corrected chi connectivity index (χ1v) is 15.0. The lowest BCUT2D eigenvalue weighted by Gasteiger charge is -2.25. The molecule has 0 fully saturated rings. The zero-order valence-electron chi connectivity index (χ0n) is 23.6. The van der Waals surface area contributed by atoms with Crippen LogP contribution >= 0.6 is 0 Å². The van der Waals surface area contributed by atoms with Crippen LogP contribution in [0.1, 0.15) is 31.4 Å². The third-order valence-corrected chi connectivity index (χ3v) is 8.62. The molecule has 0 saturated heterocycles. The Morgan fingerprint density at radius 2 is 1.68 bits per heavy atom. The first kappa shape index (κ1) is 30.9. The number of halogens is 4. The number of carbonyl (C=O) groups is 1. The number of alkyl halides is 3. The second-order valence-corrected chi connectivity index (χ2v) is 12.4. The minimum Gasteiger partial charge on any atom is -0.369 e. The SMILES string of the molecule is CC(C)(C(=O)Nc1ccc(-c2cnc3nc2NCCCNS(=O)(=O)c2cccc(c2)N3)cc1F)c1ccc(C(F)(F)F)cc1.